The highest BCUT2D eigenvalue weighted by molar-refractivity contribution is 6.30. The SMILES string of the molecule is COc1ccc(OC)c(CC(=O)NC(C)c2cccc(Cl)c2)c1. The monoisotopic (exact) mass is 333 g/mol. The number of ether oxygens (including phenoxy) is 2. The quantitative estimate of drug-likeness (QED) is 0.875. The molecule has 1 unspecified atom stereocenters. The van der Waals surface area contributed by atoms with E-state index in [4.69, 9.17) is 21.1 Å². The molecule has 0 aliphatic carbocycles. The van der Waals surface area contributed by atoms with E-state index in [1.54, 1.807) is 32.4 Å². The molecule has 0 fully saturated rings. The average molecular weight is 334 g/mol. The molecule has 4 nitrogen and oxygen atoms in total. The number of methoxy groups -OCH3 is 2. The number of nitrogens with one attached hydrogen (secondary N) is 1. The Morgan fingerprint density at radius 2 is 1.96 bits per heavy atom. The van der Waals surface area contributed by atoms with Crippen molar-refractivity contribution in [3.8, 4) is 11.5 Å². The van der Waals surface area contributed by atoms with Gasteiger partial charge in [0.15, 0.2) is 0 Å². The van der Waals surface area contributed by atoms with Crippen molar-refractivity contribution in [2.45, 2.75) is 19.4 Å². The highest BCUT2D eigenvalue weighted by atomic mass is 35.5. The first-order chi connectivity index (χ1) is 11.0. The second kappa shape index (κ2) is 7.88. The van der Waals surface area contributed by atoms with E-state index in [0.717, 1.165) is 11.1 Å². The molecular weight excluding hydrogens is 314 g/mol. The first kappa shape index (κ1) is 17.2. The van der Waals surface area contributed by atoms with Crippen molar-refractivity contribution in [3.05, 3.63) is 58.6 Å². The zero-order chi connectivity index (χ0) is 16.8. The molecule has 2 rings (SSSR count). The second-order valence-electron chi connectivity index (χ2n) is 5.20. The van der Waals surface area contributed by atoms with Crippen LogP contribution in [0.15, 0.2) is 42.5 Å². The van der Waals surface area contributed by atoms with Crippen LogP contribution in [0.3, 0.4) is 0 Å². The molecule has 1 atom stereocenters. The fraction of sp³-hybridized carbons (Fsp3) is 0.278. The average Bonchev–Trinajstić information content (AvgIpc) is 2.54. The van der Waals surface area contributed by atoms with Gasteiger partial charge in [0, 0.05) is 10.6 Å². The Labute approximate surface area is 141 Å². The molecule has 0 aromatic heterocycles. The lowest BCUT2D eigenvalue weighted by atomic mass is 10.1. The standard InChI is InChI=1S/C18H20ClNO3/c1-12(13-5-4-6-15(19)9-13)20-18(21)11-14-10-16(22-2)7-8-17(14)23-3/h4-10,12H,11H2,1-3H3,(H,20,21). The fourth-order valence-corrected chi connectivity index (χ4v) is 2.54. The molecule has 0 saturated carbocycles. The van der Waals surface area contributed by atoms with Crippen LogP contribution in [0, 0.1) is 0 Å². The zero-order valence-electron chi connectivity index (χ0n) is 13.4. The molecule has 5 heteroatoms. The van der Waals surface area contributed by atoms with Crippen LogP contribution < -0.4 is 14.8 Å². The molecule has 0 aliphatic rings. The lowest BCUT2D eigenvalue weighted by molar-refractivity contribution is -0.121. The number of rotatable bonds is 6. The summed E-state index contributed by atoms with van der Waals surface area (Å²) < 4.78 is 10.5. The zero-order valence-corrected chi connectivity index (χ0v) is 14.2. The molecule has 0 saturated heterocycles. The van der Waals surface area contributed by atoms with E-state index in [1.165, 1.54) is 0 Å². The van der Waals surface area contributed by atoms with E-state index >= 15 is 0 Å². The Balaban J connectivity index is 2.07. The van der Waals surface area contributed by atoms with Crippen molar-refractivity contribution in [2.24, 2.45) is 0 Å². The van der Waals surface area contributed by atoms with E-state index in [2.05, 4.69) is 5.32 Å². The predicted molar refractivity (Wildman–Crippen MR) is 91.3 cm³/mol. The third-order valence-corrected chi connectivity index (χ3v) is 3.80. The molecule has 2 aromatic rings. The van der Waals surface area contributed by atoms with Crippen LogP contribution in [0.2, 0.25) is 5.02 Å². The van der Waals surface area contributed by atoms with Crippen LogP contribution in [0.25, 0.3) is 0 Å². The first-order valence-corrected chi connectivity index (χ1v) is 7.67. The number of hydrogen-bond donors (Lipinski definition) is 1. The molecule has 0 radical (unpaired) electrons. The van der Waals surface area contributed by atoms with Gasteiger partial charge >= 0.3 is 0 Å². The summed E-state index contributed by atoms with van der Waals surface area (Å²) in [4.78, 5) is 12.3. The van der Waals surface area contributed by atoms with Gasteiger partial charge in [-0.1, -0.05) is 23.7 Å². The lowest BCUT2D eigenvalue weighted by Gasteiger charge is -2.16. The van der Waals surface area contributed by atoms with E-state index in [1.807, 2.05) is 31.2 Å². The summed E-state index contributed by atoms with van der Waals surface area (Å²) in [6.07, 6.45) is 0.214. The van der Waals surface area contributed by atoms with Gasteiger partial charge in [-0.3, -0.25) is 4.79 Å². The van der Waals surface area contributed by atoms with Crippen molar-refractivity contribution >= 4 is 17.5 Å². The molecule has 23 heavy (non-hydrogen) atoms. The minimum atomic E-state index is -0.127. The largest absolute Gasteiger partial charge is 0.497 e. The molecular formula is C18H20ClNO3. The number of carbonyl (C=O) groups is 1. The Morgan fingerprint density at radius 1 is 1.17 bits per heavy atom. The first-order valence-electron chi connectivity index (χ1n) is 7.29. The minimum absolute atomic E-state index is 0.0935. The van der Waals surface area contributed by atoms with Crippen LogP contribution in [0.1, 0.15) is 24.1 Å². The number of hydrogen-bond acceptors (Lipinski definition) is 3. The second-order valence-corrected chi connectivity index (χ2v) is 5.64. The van der Waals surface area contributed by atoms with Crippen molar-refractivity contribution in [2.75, 3.05) is 14.2 Å². The maximum atomic E-state index is 12.3. The Bertz CT molecular complexity index is 688. The molecule has 0 bridgehead atoms. The summed E-state index contributed by atoms with van der Waals surface area (Å²) in [6, 6.07) is 12.7. The van der Waals surface area contributed by atoms with Gasteiger partial charge in [-0.15, -0.1) is 0 Å². The van der Waals surface area contributed by atoms with Crippen molar-refractivity contribution in [1.29, 1.82) is 0 Å². The molecule has 1 amide bonds. The molecule has 1 N–H and O–H groups in total. The topological polar surface area (TPSA) is 47.6 Å². The minimum Gasteiger partial charge on any atom is -0.497 e. The Morgan fingerprint density at radius 3 is 2.61 bits per heavy atom. The third-order valence-electron chi connectivity index (χ3n) is 3.56. The van der Waals surface area contributed by atoms with Crippen LogP contribution in [-0.2, 0) is 11.2 Å². The Hall–Kier alpha value is -2.20. The molecule has 0 heterocycles. The third kappa shape index (κ3) is 4.63. The van der Waals surface area contributed by atoms with Crippen LogP contribution in [-0.4, -0.2) is 20.1 Å². The number of carbonyl (C=O) groups excluding carboxylic acids is 1. The summed E-state index contributed by atoms with van der Waals surface area (Å²) in [6.45, 7) is 1.92. The highest BCUT2D eigenvalue weighted by Crippen LogP contribution is 2.25. The van der Waals surface area contributed by atoms with Gasteiger partial charge in [0.2, 0.25) is 5.91 Å². The summed E-state index contributed by atoms with van der Waals surface area (Å²) >= 11 is 5.99. The van der Waals surface area contributed by atoms with Crippen molar-refractivity contribution in [3.63, 3.8) is 0 Å². The number of halogens is 1. The van der Waals surface area contributed by atoms with Gasteiger partial charge in [0.25, 0.3) is 0 Å². The molecule has 0 spiro atoms. The summed E-state index contributed by atoms with van der Waals surface area (Å²) in [5.41, 5.74) is 1.74. The van der Waals surface area contributed by atoms with Crippen LogP contribution >= 0.6 is 11.6 Å². The van der Waals surface area contributed by atoms with Gasteiger partial charge in [0.05, 0.1) is 26.7 Å². The summed E-state index contributed by atoms with van der Waals surface area (Å²) in [5.74, 6) is 1.26. The van der Waals surface area contributed by atoms with Gasteiger partial charge in [-0.05, 0) is 42.8 Å². The molecule has 2 aromatic carbocycles. The summed E-state index contributed by atoms with van der Waals surface area (Å²) in [7, 11) is 3.17. The molecule has 122 valence electrons. The number of benzene rings is 2. The normalized spacial score (nSPS) is 11.7. The van der Waals surface area contributed by atoms with Gasteiger partial charge in [-0.2, -0.15) is 0 Å². The van der Waals surface area contributed by atoms with E-state index in [0.29, 0.717) is 16.5 Å². The maximum Gasteiger partial charge on any atom is 0.225 e. The molecule has 0 aliphatic heterocycles. The predicted octanol–water partition coefficient (Wildman–Crippen LogP) is 3.78. The van der Waals surface area contributed by atoms with E-state index in [-0.39, 0.29) is 18.4 Å². The smallest absolute Gasteiger partial charge is 0.225 e. The van der Waals surface area contributed by atoms with Gasteiger partial charge in [-0.25, -0.2) is 0 Å². The van der Waals surface area contributed by atoms with Gasteiger partial charge in [0.1, 0.15) is 11.5 Å². The van der Waals surface area contributed by atoms with Crippen LogP contribution in [0.5, 0.6) is 11.5 Å². The van der Waals surface area contributed by atoms with Crippen molar-refractivity contribution in [1.82, 2.24) is 5.32 Å². The van der Waals surface area contributed by atoms with E-state index < -0.39 is 0 Å². The summed E-state index contributed by atoms with van der Waals surface area (Å²) in [5, 5.41) is 3.62. The van der Waals surface area contributed by atoms with Crippen molar-refractivity contribution < 1.29 is 14.3 Å². The lowest BCUT2D eigenvalue weighted by Crippen LogP contribution is -2.28. The van der Waals surface area contributed by atoms with E-state index in [9.17, 15) is 4.79 Å². The Kier molecular flexibility index (Phi) is 5.88. The maximum absolute atomic E-state index is 12.3. The fourth-order valence-electron chi connectivity index (χ4n) is 2.34. The van der Waals surface area contributed by atoms with Crippen LogP contribution in [0.4, 0.5) is 0 Å². The highest BCUT2D eigenvalue weighted by Gasteiger charge is 2.13. The van der Waals surface area contributed by atoms with Gasteiger partial charge < -0.3 is 14.8 Å². The number of amides is 1.